The molecule has 2 fully saturated rings. The van der Waals surface area contributed by atoms with Gasteiger partial charge in [0.05, 0.1) is 0 Å². The fourth-order valence-electron chi connectivity index (χ4n) is 4.12. The number of nitrogens with one attached hydrogen (secondary N) is 1. The zero-order valence-electron chi connectivity index (χ0n) is 13.4. The topological polar surface area (TPSA) is 78.7 Å². The lowest BCUT2D eigenvalue weighted by Gasteiger charge is -2.31. The van der Waals surface area contributed by atoms with Crippen molar-refractivity contribution in [2.24, 2.45) is 11.3 Å². The Balaban J connectivity index is 1.62. The molecule has 0 aromatic carbocycles. The second-order valence-electron chi connectivity index (χ2n) is 6.97. The van der Waals surface area contributed by atoms with Crippen molar-refractivity contribution in [2.45, 2.75) is 0 Å². The maximum Gasteiger partial charge on any atom is 0.272 e. The number of nitrogens with zero attached hydrogens (tertiary/aromatic N) is 6. The predicted molar refractivity (Wildman–Crippen MR) is 84.0 cm³/mol. The highest BCUT2D eigenvalue weighted by Crippen LogP contribution is 2.39. The molecule has 0 bridgehead atoms. The molecule has 2 aliphatic rings. The Morgan fingerprint density at radius 3 is 3.17 bits per heavy atom. The molecule has 1 N–H and O–H groups in total. The number of carbonyl (C=O) groups excluding carboxylic acids is 1. The molecule has 2 saturated heterocycles. The molecule has 0 spiro atoms. The molecular weight excluding hydrogens is 294 g/mol. The fraction of sp³-hybridized carbons (Fsp3) is 0.600. The Bertz CT molecular complexity index is 742. The van der Waals surface area contributed by atoms with Crippen molar-refractivity contribution in [1.82, 2.24) is 35.2 Å². The Hall–Kier alpha value is -2.06. The molecule has 2 aromatic heterocycles. The first kappa shape index (κ1) is 14.5. The standard InChI is InChI=1S/C15H21N7O/c1-20(2)9-15-8-16-6-11(15)7-21(10-15)14(23)12-4-3-5-13-17-18-19-22(12)13/h3-5,11,16H,6-10H2,1-2H3. The Kier molecular flexibility index (Phi) is 3.31. The summed E-state index contributed by atoms with van der Waals surface area (Å²) in [6, 6.07) is 5.41. The van der Waals surface area contributed by atoms with Gasteiger partial charge in [-0.2, -0.15) is 4.52 Å². The average Bonchev–Trinajstić information content (AvgIpc) is 3.17. The summed E-state index contributed by atoms with van der Waals surface area (Å²) in [6.07, 6.45) is 0. The van der Waals surface area contributed by atoms with Gasteiger partial charge in [-0.25, -0.2) is 0 Å². The molecule has 8 nitrogen and oxygen atoms in total. The normalized spacial score (nSPS) is 27.1. The average molecular weight is 315 g/mol. The Labute approximate surface area is 134 Å². The van der Waals surface area contributed by atoms with Crippen LogP contribution in [0.25, 0.3) is 5.65 Å². The van der Waals surface area contributed by atoms with Crippen LogP contribution in [0.3, 0.4) is 0 Å². The van der Waals surface area contributed by atoms with Gasteiger partial charge in [-0.1, -0.05) is 6.07 Å². The van der Waals surface area contributed by atoms with E-state index in [2.05, 4.69) is 39.8 Å². The molecular formula is C15H21N7O. The van der Waals surface area contributed by atoms with Crippen LogP contribution in [-0.2, 0) is 0 Å². The van der Waals surface area contributed by atoms with Gasteiger partial charge >= 0.3 is 0 Å². The van der Waals surface area contributed by atoms with E-state index in [1.54, 1.807) is 12.1 Å². The number of fused-ring (bicyclic) bond motifs is 2. The maximum atomic E-state index is 13.0. The molecule has 2 aromatic rings. The van der Waals surface area contributed by atoms with Gasteiger partial charge in [0.2, 0.25) is 0 Å². The molecule has 0 aliphatic carbocycles. The molecule has 8 heteroatoms. The third kappa shape index (κ3) is 2.29. The summed E-state index contributed by atoms with van der Waals surface area (Å²) in [5.41, 5.74) is 1.27. The monoisotopic (exact) mass is 315 g/mol. The van der Waals surface area contributed by atoms with Crippen molar-refractivity contribution in [3.8, 4) is 0 Å². The SMILES string of the molecule is CN(C)CC12CNCC1CN(C(=O)c1cccc3nnnn13)C2. The van der Waals surface area contributed by atoms with Crippen LogP contribution in [0, 0.1) is 11.3 Å². The lowest BCUT2D eigenvalue weighted by molar-refractivity contribution is 0.0755. The lowest BCUT2D eigenvalue weighted by Crippen LogP contribution is -2.42. The summed E-state index contributed by atoms with van der Waals surface area (Å²) < 4.78 is 1.52. The van der Waals surface area contributed by atoms with Crippen molar-refractivity contribution in [2.75, 3.05) is 46.8 Å². The zero-order chi connectivity index (χ0) is 16.0. The number of carbonyl (C=O) groups is 1. The third-order valence-corrected chi connectivity index (χ3v) is 5.04. The highest BCUT2D eigenvalue weighted by atomic mass is 16.2. The summed E-state index contributed by atoms with van der Waals surface area (Å²) >= 11 is 0. The second kappa shape index (κ2) is 5.24. The lowest BCUT2D eigenvalue weighted by atomic mass is 9.80. The smallest absolute Gasteiger partial charge is 0.272 e. The molecule has 2 unspecified atom stereocenters. The van der Waals surface area contributed by atoms with Crippen LogP contribution in [0.5, 0.6) is 0 Å². The molecule has 0 radical (unpaired) electrons. The van der Waals surface area contributed by atoms with E-state index in [0.29, 0.717) is 17.3 Å². The number of aromatic nitrogens is 4. The van der Waals surface area contributed by atoms with Crippen molar-refractivity contribution >= 4 is 11.6 Å². The number of hydrogen-bond acceptors (Lipinski definition) is 6. The first-order valence-electron chi connectivity index (χ1n) is 7.91. The number of likely N-dealkylation sites (tertiary alicyclic amines) is 1. The van der Waals surface area contributed by atoms with Gasteiger partial charge in [0, 0.05) is 38.1 Å². The summed E-state index contributed by atoms with van der Waals surface area (Å²) in [5, 5.41) is 15.0. The van der Waals surface area contributed by atoms with Gasteiger partial charge in [0.25, 0.3) is 5.91 Å². The molecule has 0 saturated carbocycles. The molecule has 2 aliphatic heterocycles. The van der Waals surface area contributed by atoms with Crippen LogP contribution < -0.4 is 5.32 Å². The molecule has 4 heterocycles. The van der Waals surface area contributed by atoms with E-state index in [0.717, 1.165) is 32.7 Å². The summed E-state index contributed by atoms with van der Waals surface area (Å²) in [4.78, 5) is 17.2. The van der Waals surface area contributed by atoms with Gasteiger partial charge in [-0.05, 0) is 42.6 Å². The number of pyridine rings is 1. The molecule has 23 heavy (non-hydrogen) atoms. The largest absolute Gasteiger partial charge is 0.336 e. The van der Waals surface area contributed by atoms with Crippen LogP contribution in [0.15, 0.2) is 18.2 Å². The van der Waals surface area contributed by atoms with E-state index >= 15 is 0 Å². The van der Waals surface area contributed by atoms with Crippen molar-refractivity contribution in [3.05, 3.63) is 23.9 Å². The van der Waals surface area contributed by atoms with Gasteiger partial charge in [0.15, 0.2) is 5.65 Å². The predicted octanol–water partition coefficient (Wildman–Crippen LogP) is -0.652. The maximum absolute atomic E-state index is 13.0. The highest BCUT2D eigenvalue weighted by molar-refractivity contribution is 5.93. The molecule has 4 rings (SSSR count). The van der Waals surface area contributed by atoms with Gasteiger partial charge in [0.1, 0.15) is 5.69 Å². The van der Waals surface area contributed by atoms with Gasteiger partial charge < -0.3 is 15.1 Å². The van der Waals surface area contributed by atoms with Crippen molar-refractivity contribution in [1.29, 1.82) is 0 Å². The minimum atomic E-state index is 0.00966. The van der Waals surface area contributed by atoms with E-state index in [1.165, 1.54) is 4.52 Å². The Morgan fingerprint density at radius 1 is 1.48 bits per heavy atom. The van der Waals surface area contributed by atoms with Crippen molar-refractivity contribution < 1.29 is 4.79 Å². The van der Waals surface area contributed by atoms with E-state index in [-0.39, 0.29) is 11.3 Å². The number of rotatable bonds is 3. The summed E-state index contributed by atoms with van der Waals surface area (Å²) in [7, 11) is 4.19. The minimum Gasteiger partial charge on any atom is -0.336 e. The minimum absolute atomic E-state index is 0.00966. The van der Waals surface area contributed by atoms with E-state index in [1.807, 2.05) is 11.0 Å². The second-order valence-corrected chi connectivity index (χ2v) is 6.97. The number of amides is 1. The van der Waals surface area contributed by atoms with Crippen LogP contribution in [-0.4, -0.2) is 82.6 Å². The third-order valence-electron chi connectivity index (χ3n) is 5.04. The van der Waals surface area contributed by atoms with Crippen LogP contribution in [0.4, 0.5) is 0 Å². The fourth-order valence-corrected chi connectivity index (χ4v) is 4.12. The van der Waals surface area contributed by atoms with E-state index in [4.69, 9.17) is 0 Å². The Morgan fingerprint density at radius 2 is 2.35 bits per heavy atom. The number of hydrogen-bond donors (Lipinski definition) is 1. The van der Waals surface area contributed by atoms with Gasteiger partial charge in [-0.3, -0.25) is 4.79 Å². The molecule has 1 amide bonds. The number of tetrazole rings is 1. The first-order chi connectivity index (χ1) is 11.1. The van der Waals surface area contributed by atoms with E-state index < -0.39 is 0 Å². The summed E-state index contributed by atoms with van der Waals surface area (Å²) in [5.74, 6) is 0.511. The first-order valence-corrected chi connectivity index (χ1v) is 7.91. The molecule has 122 valence electrons. The molecule has 2 atom stereocenters. The van der Waals surface area contributed by atoms with Crippen LogP contribution in [0.2, 0.25) is 0 Å². The van der Waals surface area contributed by atoms with Crippen LogP contribution >= 0.6 is 0 Å². The summed E-state index contributed by atoms with van der Waals surface area (Å²) in [6.45, 7) is 4.50. The quantitative estimate of drug-likeness (QED) is 0.811. The zero-order valence-corrected chi connectivity index (χ0v) is 13.4. The van der Waals surface area contributed by atoms with Gasteiger partial charge in [-0.15, -0.1) is 5.10 Å². The highest BCUT2D eigenvalue weighted by Gasteiger charge is 2.51. The van der Waals surface area contributed by atoms with E-state index in [9.17, 15) is 4.79 Å². The van der Waals surface area contributed by atoms with Crippen molar-refractivity contribution in [3.63, 3.8) is 0 Å². The van der Waals surface area contributed by atoms with Crippen LogP contribution in [0.1, 0.15) is 10.5 Å².